The van der Waals surface area contributed by atoms with Gasteiger partial charge >= 0.3 is 0 Å². The van der Waals surface area contributed by atoms with Crippen molar-refractivity contribution in [2.45, 2.75) is 24.6 Å². The number of nitrogens with one attached hydrogen (secondary N) is 1. The van der Waals surface area contributed by atoms with Gasteiger partial charge in [-0.1, -0.05) is 18.2 Å². The van der Waals surface area contributed by atoms with Gasteiger partial charge in [-0.05, 0) is 19.4 Å². The van der Waals surface area contributed by atoms with Gasteiger partial charge in [0.25, 0.3) is 0 Å². The van der Waals surface area contributed by atoms with Crippen LogP contribution in [-0.4, -0.2) is 37.6 Å². The summed E-state index contributed by atoms with van der Waals surface area (Å²) in [6.07, 6.45) is 0.474. The zero-order chi connectivity index (χ0) is 15.5. The number of sulfone groups is 1. The smallest absolute Gasteiger partial charge is 0.230 e. The number of carbonyl (C=O) groups is 1. The van der Waals surface area contributed by atoms with Gasteiger partial charge in [0, 0.05) is 16.9 Å². The summed E-state index contributed by atoms with van der Waals surface area (Å²) in [5, 5.41) is 2.59. The Hall–Kier alpha value is -1.08. The molecule has 1 aromatic rings. The van der Waals surface area contributed by atoms with E-state index in [1.54, 1.807) is 18.2 Å². The molecule has 2 atom stereocenters. The lowest BCUT2D eigenvalue weighted by molar-refractivity contribution is -0.119. The molecule has 7 heteroatoms. The van der Waals surface area contributed by atoms with Crippen LogP contribution in [0.2, 0.25) is 0 Å². The van der Waals surface area contributed by atoms with Gasteiger partial charge < -0.3 is 5.32 Å². The monoisotopic (exact) mass is 331 g/mol. The minimum atomic E-state index is -2.99. The summed E-state index contributed by atoms with van der Waals surface area (Å²) >= 11 is 1.33. The minimum absolute atomic E-state index is 0.0201. The summed E-state index contributed by atoms with van der Waals surface area (Å²) in [5.41, 5.74) is 0.568. The van der Waals surface area contributed by atoms with Crippen molar-refractivity contribution in [3.05, 3.63) is 35.6 Å². The van der Waals surface area contributed by atoms with E-state index in [2.05, 4.69) is 5.32 Å². The normalized spacial score (nSPS) is 21.9. The van der Waals surface area contributed by atoms with Gasteiger partial charge in [-0.2, -0.15) is 0 Å². The number of carbonyl (C=O) groups excluding carboxylic acids is 1. The van der Waals surface area contributed by atoms with Crippen LogP contribution in [0.4, 0.5) is 4.39 Å². The molecule has 1 heterocycles. The molecular weight excluding hydrogens is 313 g/mol. The molecule has 0 saturated carbocycles. The maximum Gasteiger partial charge on any atom is 0.230 e. The van der Waals surface area contributed by atoms with Gasteiger partial charge in [-0.25, -0.2) is 12.8 Å². The molecule has 1 N–H and O–H groups in total. The van der Waals surface area contributed by atoms with Crippen molar-refractivity contribution in [3.63, 3.8) is 0 Å². The van der Waals surface area contributed by atoms with E-state index >= 15 is 0 Å². The van der Waals surface area contributed by atoms with Gasteiger partial charge in [0.2, 0.25) is 5.91 Å². The van der Waals surface area contributed by atoms with E-state index in [0.717, 1.165) is 0 Å². The molecule has 0 aliphatic carbocycles. The Kier molecular flexibility index (Phi) is 5.27. The maximum absolute atomic E-state index is 13.6. The van der Waals surface area contributed by atoms with Gasteiger partial charge in [0.1, 0.15) is 5.82 Å². The van der Waals surface area contributed by atoms with Crippen molar-refractivity contribution in [3.8, 4) is 0 Å². The molecule has 21 heavy (non-hydrogen) atoms. The molecule has 2 rings (SSSR count). The van der Waals surface area contributed by atoms with Crippen molar-refractivity contribution in [1.82, 2.24) is 5.32 Å². The quantitative estimate of drug-likeness (QED) is 0.895. The fourth-order valence-electron chi connectivity index (χ4n) is 2.27. The second-order valence-corrected chi connectivity index (χ2v) is 8.70. The molecule has 1 aromatic carbocycles. The lowest BCUT2D eigenvalue weighted by Crippen LogP contribution is -2.36. The van der Waals surface area contributed by atoms with Crippen LogP contribution in [0.3, 0.4) is 0 Å². The van der Waals surface area contributed by atoms with Crippen molar-refractivity contribution in [2.24, 2.45) is 0 Å². The summed E-state index contributed by atoms with van der Waals surface area (Å²) in [5.74, 6) is -0.139. The second kappa shape index (κ2) is 6.79. The van der Waals surface area contributed by atoms with E-state index in [1.807, 2.05) is 6.92 Å². The molecule has 0 spiro atoms. The first-order chi connectivity index (χ1) is 9.87. The number of thioether (sulfide) groups is 1. The predicted molar refractivity (Wildman–Crippen MR) is 82.5 cm³/mol. The minimum Gasteiger partial charge on any atom is -0.352 e. The molecule has 1 aliphatic heterocycles. The second-order valence-electron chi connectivity index (χ2n) is 5.14. The zero-order valence-electron chi connectivity index (χ0n) is 11.7. The number of amides is 1. The summed E-state index contributed by atoms with van der Waals surface area (Å²) < 4.78 is 36.2. The molecule has 0 aromatic heterocycles. The molecule has 4 nitrogen and oxygen atoms in total. The fourth-order valence-corrected chi connectivity index (χ4v) is 4.80. The van der Waals surface area contributed by atoms with Crippen LogP contribution in [0.5, 0.6) is 0 Å². The molecule has 1 saturated heterocycles. The first-order valence-electron chi connectivity index (χ1n) is 6.73. The van der Waals surface area contributed by atoms with Gasteiger partial charge in [0.05, 0.1) is 17.3 Å². The molecular formula is C14H18FNO3S2. The largest absolute Gasteiger partial charge is 0.352 e. The molecule has 1 amide bonds. The average molecular weight is 331 g/mol. The highest BCUT2D eigenvalue weighted by molar-refractivity contribution is 8.00. The summed E-state index contributed by atoms with van der Waals surface area (Å²) in [7, 11) is -2.99. The Morgan fingerprint density at radius 3 is 2.81 bits per heavy atom. The first kappa shape index (κ1) is 16.3. The van der Waals surface area contributed by atoms with Crippen LogP contribution in [0, 0.1) is 5.82 Å². The number of rotatable bonds is 5. The summed E-state index contributed by atoms with van der Waals surface area (Å²) in [6.45, 7) is 1.84. The SMILES string of the molecule is C[C@@H](SCC(=O)N[C@H]1CCS(=O)(=O)C1)c1ccccc1F. The third kappa shape index (κ3) is 4.71. The van der Waals surface area contributed by atoms with Crippen molar-refractivity contribution < 1.29 is 17.6 Å². The highest BCUT2D eigenvalue weighted by Crippen LogP contribution is 2.29. The topological polar surface area (TPSA) is 63.2 Å². The highest BCUT2D eigenvalue weighted by Gasteiger charge is 2.28. The maximum atomic E-state index is 13.6. The Morgan fingerprint density at radius 2 is 2.19 bits per heavy atom. The standard InChI is InChI=1S/C14H18FNO3S2/c1-10(12-4-2-3-5-13(12)15)20-8-14(17)16-11-6-7-21(18,19)9-11/h2-5,10-11H,6-9H2,1H3,(H,16,17)/t10-,11+/m1/s1. The van der Waals surface area contributed by atoms with Crippen LogP contribution < -0.4 is 5.32 Å². The fraction of sp³-hybridized carbons (Fsp3) is 0.500. The Morgan fingerprint density at radius 1 is 1.48 bits per heavy atom. The van der Waals surface area contributed by atoms with Crippen LogP contribution in [0.25, 0.3) is 0 Å². The Balaban J connectivity index is 1.80. The van der Waals surface area contributed by atoms with Crippen LogP contribution in [0.15, 0.2) is 24.3 Å². The molecule has 0 radical (unpaired) electrons. The van der Waals surface area contributed by atoms with Crippen molar-refractivity contribution >= 4 is 27.5 Å². The first-order valence-corrected chi connectivity index (χ1v) is 9.60. The van der Waals surface area contributed by atoms with E-state index in [1.165, 1.54) is 17.8 Å². The lowest BCUT2D eigenvalue weighted by Gasteiger charge is -2.14. The van der Waals surface area contributed by atoms with E-state index in [9.17, 15) is 17.6 Å². The number of hydrogen-bond donors (Lipinski definition) is 1. The molecule has 116 valence electrons. The van der Waals surface area contributed by atoms with E-state index < -0.39 is 9.84 Å². The highest BCUT2D eigenvalue weighted by atomic mass is 32.2. The van der Waals surface area contributed by atoms with Crippen molar-refractivity contribution in [2.75, 3.05) is 17.3 Å². The number of benzene rings is 1. The zero-order valence-corrected chi connectivity index (χ0v) is 13.3. The number of halogens is 1. The molecule has 0 bridgehead atoms. The van der Waals surface area contributed by atoms with Crippen LogP contribution in [-0.2, 0) is 14.6 Å². The van der Waals surface area contributed by atoms with Crippen LogP contribution >= 0.6 is 11.8 Å². The van der Waals surface area contributed by atoms with E-state index in [0.29, 0.717) is 12.0 Å². The molecule has 0 unspecified atom stereocenters. The van der Waals surface area contributed by atoms with E-state index in [4.69, 9.17) is 0 Å². The molecule has 1 fully saturated rings. The lowest BCUT2D eigenvalue weighted by atomic mass is 10.1. The Bertz CT molecular complexity index is 618. The number of hydrogen-bond acceptors (Lipinski definition) is 4. The third-order valence-corrected chi connectivity index (χ3v) is 6.36. The Labute approximate surface area is 128 Å². The summed E-state index contributed by atoms with van der Waals surface area (Å²) in [4.78, 5) is 11.8. The van der Waals surface area contributed by atoms with Gasteiger partial charge in [-0.3, -0.25) is 4.79 Å². The molecule has 1 aliphatic rings. The van der Waals surface area contributed by atoms with Crippen LogP contribution in [0.1, 0.15) is 24.2 Å². The predicted octanol–water partition coefficient (Wildman–Crippen LogP) is 1.92. The van der Waals surface area contributed by atoms with E-state index in [-0.39, 0.29) is 40.3 Å². The van der Waals surface area contributed by atoms with Gasteiger partial charge in [-0.15, -0.1) is 11.8 Å². The summed E-state index contributed by atoms with van der Waals surface area (Å²) in [6, 6.07) is 6.21. The van der Waals surface area contributed by atoms with Crippen molar-refractivity contribution in [1.29, 1.82) is 0 Å². The average Bonchev–Trinajstić information content (AvgIpc) is 2.75. The third-order valence-electron chi connectivity index (χ3n) is 3.41. The van der Waals surface area contributed by atoms with Gasteiger partial charge in [0.15, 0.2) is 9.84 Å².